The molecule has 4 heterocycles. The van der Waals surface area contributed by atoms with Gasteiger partial charge in [0.05, 0.1) is 24.3 Å². The highest BCUT2D eigenvalue weighted by molar-refractivity contribution is 7.56. The van der Waals surface area contributed by atoms with Crippen molar-refractivity contribution in [1.82, 2.24) is 19.1 Å². The number of aryl methyl sites for hydroxylation is 2. The molecule has 9 rings (SSSR count). The molecule has 394 valence electrons. The Balaban J connectivity index is 1.07. The van der Waals surface area contributed by atoms with Gasteiger partial charge in [0.1, 0.15) is 48.4 Å². The number of esters is 2. The second kappa shape index (κ2) is 23.4. The molecule has 0 saturated carbocycles. The topological polar surface area (TPSA) is 261 Å². The highest BCUT2D eigenvalue weighted by Gasteiger charge is 2.50. The Hall–Kier alpha value is -7.74. The lowest BCUT2D eigenvalue weighted by Crippen LogP contribution is -2.33. The molecule has 0 spiro atoms. The van der Waals surface area contributed by atoms with Crippen molar-refractivity contribution in [2.45, 2.75) is 69.4 Å². The largest absolute Gasteiger partial charge is 0.531 e. The van der Waals surface area contributed by atoms with E-state index in [1.54, 1.807) is 103 Å². The number of H-pyrrole nitrogens is 2. The number of benzene rings is 5. The number of phosphoric acid groups is 1. The Labute approximate surface area is 433 Å². The molecule has 0 amide bonds. The summed E-state index contributed by atoms with van der Waals surface area (Å²) in [5.41, 5.74) is -1.97. The molecule has 2 fully saturated rings. The minimum absolute atomic E-state index is 0.0174. The predicted molar refractivity (Wildman–Crippen MR) is 272 cm³/mol. The molecule has 5 aromatic carbocycles. The van der Waals surface area contributed by atoms with E-state index in [2.05, 4.69) is 9.97 Å². The van der Waals surface area contributed by atoms with Gasteiger partial charge in [-0.3, -0.25) is 42.3 Å². The molecule has 7 aromatic rings. The number of hydrogen-bond donors (Lipinski definition) is 2. The van der Waals surface area contributed by atoms with E-state index in [4.69, 9.17) is 41.6 Å². The quantitative estimate of drug-likeness (QED) is 0.0542. The van der Waals surface area contributed by atoms with Crippen molar-refractivity contribution in [2.75, 3.05) is 13.2 Å². The van der Waals surface area contributed by atoms with Crippen LogP contribution in [0.5, 0.6) is 11.5 Å². The zero-order valence-electron chi connectivity index (χ0n) is 40.7. The third-order valence-electron chi connectivity index (χ3n) is 12.2. The van der Waals surface area contributed by atoms with Crippen LogP contribution in [0, 0.1) is 13.8 Å². The molecular formula is C53H50N4O17P2. The lowest BCUT2D eigenvalue weighted by atomic mass is 10.1. The second-order valence-electron chi connectivity index (χ2n) is 17.6. The van der Waals surface area contributed by atoms with Gasteiger partial charge in [-0.15, -0.1) is 0 Å². The van der Waals surface area contributed by atoms with Crippen LogP contribution in [0.25, 0.3) is 0 Å². The summed E-state index contributed by atoms with van der Waals surface area (Å²) >= 11 is 0. The smallest absolute Gasteiger partial charge is 0.456 e. The van der Waals surface area contributed by atoms with E-state index < -0.39 is 106 Å². The summed E-state index contributed by atoms with van der Waals surface area (Å²) < 4.78 is 89.7. The summed E-state index contributed by atoms with van der Waals surface area (Å²) in [6, 6.07) is 39.7. The molecule has 0 bridgehead atoms. The van der Waals surface area contributed by atoms with E-state index >= 15 is 9.13 Å². The summed E-state index contributed by atoms with van der Waals surface area (Å²) in [6.45, 7) is 1.62. The summed E-state index contributed by atoms with van der Waals surface area (Å²) in [4.78, 5) is 82.5. The second-order valence-corrected chi connectivity index (χ2v) is 21.1. The maximum atomic E-state index is 16.1. The molecule has 2 saturated heterocycles. The van der Waals surface area contributed by atoms with E-state index in [1.807, 2.05) is 0 Å². The highest BCUT2D eigenvalue weighted by Crippen LogP contribution is 2.67. The first-order valence-corrected chi connectivity index (χ1v) is 26.9. The average Bonchev–Trinajstić information content (AvgIpc) is 4.03. The van der Waals surface area contributed by atoms with Crippen molar-refractivity contribution in [1.29, 1.82) is 0 Å². The van der Waals surface area contributed by atoms with Gasteiger partial charge in [-0.05, 0) is 67.9 Å². The SMILES string of the molecule is Cc1cn([C@H]2C[C@H](OC(=O)c3ccccc3)[C@@H](COP(=O)(Oc3ccccc3)OC(c3ccccc3)P(=O)(OC[C@H]3O[C@@H](n4cc(C)c(=O)[nH]c4=O)C[C@@H]3OC(=O)c3ccccc3)Oc3ccccc3)O2)c(=O)[nH]c1=O. The van der Waals surface area contributed by atoms with Crippen molar-refractivity contribution in [3.8, 4) is 11.5 Å². The van der Waals surface area contributed by atoms with Crippen LogP contribution in [-0.4, -0.2) is 68.7 Å². The van der Waals surface area contributed by atoms with Crippen LogP contribution in [0.2, 0.25) is 0 Å². The molecule has 2 N–H and O–H groups in total. The van der Waals surface area contributed by atoms with Crippen LogP contribution < -0.4 is 31.5 Å². The van der Waals surface area contributed by atoms with Crippen molar-refractivity contribution >= 4 is 27.4 Å². The number of nitrogens with zero attached hydrogens (tertiary/aromatic N) is 2. The van der Waals surface area contributed by atoms with Gasteiger partial charge in [0.2, 0.25) is 5.85 Å². The predicted octanol–water partition coefficient (Wildman–Crippen LogP) is 7.94. The number of carbonyl (C=O) groups is 2. The van der Waals surface area contributed by atoms with Crippen molar-refractivity contribution in [3.05, 3.63) is 234 Å². The summed E-state index contributed by atoms with van der Waals surface area (Å²) in [5.74, 6) is -3.47. The maximum Gasteiger partial charge on any atom is 0.531 e. The molecule has 23 heteroatoms. The minimum Gasteiger partial charge on any atom is -0.456 e. The Bertz CT molecular complexity index is 3490. The fourth-order valence-electron chi connectivity index (χ4n) is 8.29. The minimum atomic E-state index is -5.17. The molecule has 76 heavy (non-hydrogen) atoms. The van der Waals surface area contributed by atoms with Gasteiger partial charge in [0.25, 0.3) is 11.1 Å². The first-order chi connectivity index (χ1) is 36.6. The molecule has 0 radical (unpaired) electrons. The average molecular weight is 1080 g/mol. The number of hydrogen-bond acceptors (Lipinski definition) is 17. The third-order valence-corrected chi connectivity index (χ3v) is 15.6. The van der Waals surface area contributed by atoms with Crippen LogP contribution in [0.15, 0.2) is 183 Å². The van der Waals surface area contributed by atoms with Gasteiger partial charge in [-0.25, -0.2) is 28.3 Å². The zero-order valence-corrected chi connectivity index (χ0v) is 42.5. The fourth-order valence-corrected chi connectivity index (χ4v) is 11.9. The number of para-hydroxylation sites is 2. The first-order valence-electron chi connectivity index (χ1n) is 23.8. The Morgan fingerprint density at radius 1 is 0.566 bits per heavy atom. The van der Waals surface area contributed by atoms with E-state index in [0.29, 0.717) is 0 Å². The van der Waals surface area contributed by atoms with Crippen LogP contribution >= 0.6 is 15.4 Å². The van der Waals surface area contributed by atoms with Crippen molar-refractivity contribution in [2.24, 2.45) is 0 Å². The fraction of sp³-hybridized carbons (Fsp3) is 0.245. The van der Waals surface area contributed by atoms with Gasteiger partial charge in [-0.2, -0.15) is 0 Å². The molecule has 2 aromatic heterocycles. The Kier molecular flexibility index (Phi) is 16.4. The molecule has 9 atom stereocenters. The van der Waals surface area contributed by atoms with Crippen LogP contribution in [0.1, 0.15) is 68.5 Å². The van der Waals surface area contributed by atoms with E-state index in [0.717, 1.165) is 9.13 Å². The summed E-state index contributed by atoms with van der Waals surface area (Å²) in [7, 11) is -10.2. The number of ether oxygens (including phenoxy) is 4. The maximum absolute atomic E-state index is 16.1. The number of rotatable bonds is 20. The van der Waals surface area contributed by atoms with Crippen LogP contribution in [0.3, 0.4) is 0 Å². The molecule has 21 nitrogen and oxygen atoms in total. The monoisotopic (exact) mass is 1080 g/mol. The van der Waals surface area contributed by atoms with Gasteiger partial charge in [0, 0.05) is 36.4 Å². The van der Waals surface area contributed by atoms with Gasteiger partial charge >= 0.3 is 38.7 Å². The normalized spacial score (nSPS) is 21.1. The lowest BCUT2D eigenvalue weighted by molar-refractivity contribution is -0.0540. The number of aromatic nitrogens is 4. The van der Waals surface area contributed by atoms with Gasteiger partial charge < -0.3 is 28.0 Å². The third kappa shape index (κ3) is 12.7. The number of aromatic amines is 2. The van der Waals surface area contributed by atoms with E-state index in [-0.39, 0.29) is 52.2 Å². The van der Waals surface area contributed by atoms with Crippen molar-refractivity contribution in [3.63, 3.8) is 0 Å². The molecule has 3 unspecified atom stereocenters. The number of phosphoric ester groups is 1. The van der Waals surface area contributed by atoms with Crippen LogP contribution in [-0.2, 0) is 41.6 Å². The van der Waals surface area contributed by atoms with Crippen LogP contribution in [0.4, 0.5) is 0 Å². The number of carbonyl (C=O) groups excluding carboxylic acids is 2. The number of nitrogens with one attached hydrogen (secondary N) is 2. The lowest BCUT2D eigenvalue weighted by Gasteiger charge is -2.31. The molecule has 2 aliphatic rings. The molecule has 2 aliphatic heterocycles. The highest BCUT2D eigenvalue weighted by atomic mass is 31.2. The van der Waals surface area contributed by atoms with E-state index in [1.165, 1.54) is 74.8 Å². The Morgan fingerprint density at radius 3 is 1.41 bits per heavy atom. The summed E-state index contributed by atoms with van der Waals surface area (Å²) in [6.07, 6.45) is -4.82. The molecule has 0 aliphatic carbocycles. The van der Waals surface area contributed by atoms with Gasteiger partial charge in [-0.1, -0.05) is 103 Å². The zero-order chi connectivity index (χ0) is 53.4. The molecular weight excluding hydrogens is 1030 g/mol. The van der Waals surface area contributed by atoms with E-state index in [9.17, 15) is 28.8 Å². The summed E-state index contributed by atoms with van der Waals surface area (Å²) in [5, 5.41) is 0. The van der Waals surface area contributed by atoms with Crippen molar-refractivity contribution < 1.29 is 60.3 Å². The van der Waals surface area contributed by atoms with Gasteiger partial charge in [0.15, 0.2) is 0 Å². The Morgan fingerprint density at radius 2 is 0.961 bits per heavy atom. The standard InChI is InChI=1S/C53H50N4O17P2/c1-34-30-56(52(62)54-47(34)58)45-28-41(70-49(60)36-18-8-3-9-19-36)43(68-45)32-66-75(64,72-39-24-14-6-15-25-39)51(38-22-12-5-13-23-38)74-76(65,73-40-26-16-7-17-27-40)67-33-44-42(71-50(61)37-20-10-4-11-21-37)29-46(69-44)57-31-35(2)48(59)55-53(57)63/h3-27,30-31,41-46,51H,28-29,32-33H2,1-2H3,(H,54,58,62)(H,55,59,63)/t41-,42-,43+,44+,45+,46+,51?,75?,76?/m0/s1. The first kappa shape index (κ1) is 53.1.